The number of hydrogen-bond donors (Lipinski definition) is 3. The Balaban J connectivity index is 3.30. The first-order chi connectivity index (χ1) is 8.57. The number of carboxylic acids is 1. The molecule has 0 atom stereocenters. The van der Waals surface area contributed by atoms with Gasteiger partial charge in [0.2, 0.25) is 0 Å². The molecule has 3 N–H and O–H groups in total. The summed E-state index contributed by atoms with van der Waals surface area (Å²) in [7, 11) is 0. The molecule has 0 radical (unpaired) electrons. The Labute approximate surface area is 105 Å². The molecule has 0 bridgehead atoms. The predicted molar refractivity (Wildman–Crippen MR) is 64.0 cm³/mol. The van der Waals surface area contributed by atoms with Crippen LogP contribution in [0.5, 0.6) is 0 Å². The first-order valence-corrected chi connectivity index (χ1v) is 5.60. The number of carbonyl (C=O) groups excluding carboxylic acids is 2. The van der Waals surface area contributed by atoms with Crippen LogP contribution >= 0.6 is 0 Å². The predicted octanol–water partition coefficient (Wildman–Crippen LogP) is 0.270. The van der Waals surface area contributed by atoms with E-state index in [2.05, 4.69) is 21.9 Å². The maximum Gasteiger partial charge on any atom is 0.407 e. The molecule has 7 heteroatoms. The van der Waals surface area contributed by atoms with Gasteiger partial charge in [-0.05, 0) is 19.3 Å². The summed E-state index contributed by atoms with van der Waals surface area (Å²) in [6.07, 6.45) is 3.13. The van der Waals surface area contributed by atoms with Crippen molar-refractivity contribution in [2.24, 2.45) is 0 Å². The van der Waals surface area contributed by atoms with Gasteiger partial charge in [0.05, 0.1) is 0 Å². The molecule has 0 heterocycles. The van der Waals surface area contributed by atoms with Gasteiger partial charge in [-0.2, -0.15) is 0 Å². The van der Waals surface area contributed by atoms with E-state index in [0.29, 0.717) is 19.5 Å². The molecule has 18 heavy (non-hydrogen) atoms. The first-order valence-electron chi connectivity index (χ1n) is 5.60. The van der Waals surface area contributed by atoms with Crippen molar-refractivity contribution in [3.05, 3.63) is 12.7 Å². The lowest BCUT2D eigenvalue weighted by atomic mass is 10.2. The number of carbonyl (C=O) groups is 3. The van der Waals surface area contributed by atoms with Gasteiger partial charge >= 0.3 is 18.0 Å². The van der Waals surface area contributed by atoms with E-state index in [1.807, 2.05) is 0 Å². The van der Waals surface area contributed by atoms with Gasteiger partial charge in [-0.25, -0.2) is 9.59 Å². The highest BCUT2D eigenvalue weighted by atomic mass is 16.5. The quantitative estimate of drug-likeness (QED) is 0.329. The number of unbranched alkanes of at least 4 members (excludes halogenated alkanes) is 2. The molecule has 0 saturated heterocycles. The van der Waals surface area contributed by atoms with E-state index in [9.17, 15) is 14.4 Å². The van der Waals surface area contributed by atoms with E-state index in [0.717, 1.165) is 12.8 Å². The molecule has 0 aliphatic rings. The van der Waals surface area contributed by atoms with Crippen LogP contribution in [0.4, 0.5) is 4.79 Å². The van der Waals surface area contributed by atoms with Crippen LogP contribution in [0.2, 0.25) is 0 Å². The van der Waals surface area contributed by atoms with Gasteiger partial charge in [0.1, 0.15) is 6.61 Å². The maximum absolute atomic E-state index is 11.0. The minimum Gasteiger partial charge on any atom is -0.474 e. The monoisotopic (exact) mass is 258 g/mol. The molecular formula is C11H18N2O5. The number of aliphatic carboxylic acids is 1. The summed E-state index contributed by atoms with van der Waals surface area (Å²) < 4.78 is 4.69. The fourth-order valence-corrected chi connectivity index (χ4v) is 1.08. The summed E-state index contributed by atoms with van der Waals surface area (Å²) in [6.45, 7) is 4.37. The lowest BCUT2D eigenvalue weighted by molar-refractivity contribution is -0.150. The van der Waals surface area contributed by atoms with Crippen LogP contribution in [0.15, 0.2) is 12.7 Å². The Morgan fingerprint density at radius 1 is 1.11 bits per heavy atom. The van der Waals surface area contributed by atoms with Crippen LogP contribution in [0.25, 0.3) is 0 Å². The summed E-state index contributed by atoms with van der Waals surface area (Å²) >= 11 is 0. The number of ether oxygens (including phenoxy) is 1. The Morgan fingerprint density at radius 3 is 2.28 bits per heavy atom. The lowest BCUT2D eigenvalue weighted by Gasteiger charge is -2.05. The molecule has 0 aromatic carbocycles. The first kappa shape index (κ1) is 16.0. The van der Waals surface area contributed by atoms with Gasteiger partial charge in [0.15, 0.2) is 0 Å². The Morgan fingerprint density at radius 2 is 1.72 bits per heavy atom. The molecule has 0 unspecified atom stereocenters. The maximum atomic E-state index is 11.0. The second-order valence-corrected chi connectivity index (χ2v) is 3.44. The van der Waals surface area contributed by atoms with E-state index in [-0.39, 0.29) is 6.61 Å². The molecule has 0 fully saturated rings. The molecule has 0 aliphatic heterocycles. The zero-order valence-corrected chi connectivity index (χ0v) is 10.1. The molecular weight excluding hydrogens is 240 g/mol. The molecule has 0 spiro atoms. The normalized spacial score (nSPS) is 9.33. The third-order valence-corrected chi connectivity index (χ3v) is 1.93. The van der Waals surface area contributed by atoms with Crippen LogP contribution < -0.4 is 10.6 Å². The third-order valence-electron chi connectivity index (χ3n) is 1.93. The van der Waals surface area contributed by atoms with Crippen molar-refractivity contribution in [1.29, 1.82) is 0 Å². The number of rotatable bonds is 8. The van der Waals surface area contributed by atoms with E-state index in [1.54, 1.807) is 0 Å². The van der Waals surface area contributed by atoms with Gasteiger partial charge in [-0.3, -0.25) is 4.79 Å². The molecule has 0 rings (SSSR count). The summed E-state index contributed by atoms with van der Waals surface area (Å²) in [5, 5.41) is 13.1. The summed E-state index contributed by atoms with van der Waals surface area (Å²) in [6, 6.07) is 0. The average Bonchev–Trinajstić information content (AvgIpc) is 2.34. The standard InChI is InChI=1S/C11H18N2O5/c1-2-8-18-11(17)13-7-5-3-4-6-12-9(14)10(15)16/h2H,1,3-8H2,(H,12,14)(H,13,17)(H,15,16). The molecule has 0 aliphatic carbocycles. The van der Waals surface area contributed by atoms with Crippen LogP contribution in [0.1, 0.15) is 19.3 Å². The van der Waals surface area contributed by atoms with Crippen molar-refractivity contribution >= 4 is 18.0 Å². The minimum absolute atomic E-state index is 0.174. The zero-order valence-electron chi connectivity index (χ0n) is 10.1. The number of nitrogens with one attached hydrogen (secondary N) is 2. The van der Waals surface area contributed by atoms with Crippen molar-refractivity contribution in [2.45, 2.75) is 19.3 Å². The highest BCUT2D eigenvalue weighted by Gasteiger charge is 2.08. The van der Waals surface area contributed by atoms with E-state index in [4.69, 9.17) is 5.11 Å². The second-order valence-electron chi connectivity index (χ2n) is 3.44. The van der Waals surface area contributed by atoms with Crippen LogP contribution in [0, 0.1) is 0 Å². The van der Waals surface area contributed by atoms with Gasteiger partial charge in [-0.15, -0.1) is 0 Å². The second kappa shape index (κ2) is 10.1. The molecule has 102 valence electrons. The smallest absolute Gasteiger partial charge is 0.407 e. The van der Waals surface area contributed by atoms with Crippen molar-refractivity contribution in [2.75, 3.05) is 19.7 Å². The van der Waals surface area contributed by atoms with Crippen LogP contribution in [-0.2, 0) is 14.3 Å². The fourth-order valence-electron chi connectivity index (χ4n) is 1.08. The summed E-state index contributed by atoms with van der Waals surface area (Å²) in [5.74, 6) is -2.48. The zero-order chi connectivity index (χ0) is 13.8. The molecule has 2 amide bonds. The average molecular weight is 258 g/mol. The lowest BCUT2D eigenvalue weighted by Crippen LogP contribution is -2.31. The van der Waals surface area contributed by atoms with Crippen molar-refractivity contribution in [3.8, 4) is 0 Å². The van der Waals surface area contributed by atoms with Crippen LogP contribution in [0.3, 0.4) is 0 Å². The highest BCUT2D eigenvalue weighted by Crippen LogP contribution is 1.92. The largest absolute Gasteiger partial charge is 0.474 e. The highest BCUT2D eigenvalue weighted by molar-refractivity contribution is 6.31. The van der Waals surface area contributed by atoms with Crippen LogP contribution in [-0.4, -0.2) is 42.8 Å². The van der Waals surface area contributed by atoms with Crippen molar-refractivity contribution in [3.63, 3.8) is 0 Å². The van der Waals surface area contributed by atoms with Gasteiger partial charge in [-0.1, -0.05) is 12.7 Å². The number of alkyl carbamates (subject to hydrolysis) is 1. The molecule has 0 saturated carbocycles. The Kier molecular flexibility index (Phi) is 8.97. The topological polar surface area (TPSA) is 105 Å². The molecule has 0 aromatic heterocycles. The van der Waals surface area contributed by atoms with Gasteiger partial charge in [0, 0.05) is 13.1 Å². The molecule has 0 aromatic rings. The number of carboxylic acid groups (broad SMARTS) is 1. The Bertz CT molecular complexity index is 304. The number of hydrogen-bond acceptors (Lipinski definition) is 4. The van der Waals surface area contributed by atoms with Crippen molar-refractivity contribution in [1.82, 2.24) is 10.6 Å². The Hall–Kier alpha value is -2.05. The summed E-state index contributed by atoms with van der Waals surface area (Å²) in [4.78, 5) is 31.7. The van der Waals surface area contributed by atoms with E-state index in [1.165, 1.54) is 6.08 Å². The molecule has 7 nitrogen and oxygen atoms in total. The van der Waals surface area contributed by atoms with Gasteiger partial charge < -0.3 is 20.5 Å². The van der Waals surface area contributed by atoms with E-state index >= 15 is 0 Å². The van der Waals surface area contributed by atoms with Gasteiger partial charge in [0.25, 0.3) is 0 Å². The summed E-state index contributed by atoms with van der Waals surface area (Å²) in [5.41, 5.74) is 0. The SMILES string of the molecule is C=CCOC(=O)NCCCCCNC(=O)C(=O)O. The van der Waals surface area contributed by atoms with E-state index < -0.39 is 18.0 Å². The minimum atomic E-state index is -1.48. The third kappa shape index (κ3) is 9.20. The number of amides is 2. The van der Waals surface area contributed by atoms with Crippen molar-refractivity contribution < 1.29 is 24.2 Å². The fraction of sp³-hybridized carbons (Fsp3) is 0.545.